The van der Waals surface area contributed by atoms with Crippen LogP contribution in [0.4, 0.5) is 4.79 Å². The molecule has 1 N–H and O–H groups in total. The molecule has 0 aromatic heterocycles. The normalized spacial score (nSPS) is 16.1. The van der Waals surface area contributed by atoms with Gasteiger partial charge in [-0.3, -0.25) is 0 Å². The third-order valence-corrected chi connectivity index (χ3v) is 5.95. The molecule has 2 aromatic rings. The van der Waals surface area contributed by atoms with Crippen LogP contribution in [0.1, 0.15) is 56.9 Å². The number of aryl methyl sites for hydroxylation is 1. The minimum atomic E-state index is -0.915. The molecule has 3 rings (SSSR count). The lowest BCUT2D eigenvalue weighted by atomic mass is 9.87. The van der Waals surface area contributed by atoms with Crippen LogP contribution >= 0.6 is 11.6 Å². The van der Waals surface area contributed by atoms with Gasteiger partial charge in [-0.1, -0.05) is 29.8 Å². The van der Waals surface area contributed by atoms with Crippen LogP contribution in [0.5, 0.6) is 5.75 Å². The molecule has 7 nitrogen and oxygen atoms in total. The molecule has 0 radical (unpaired) electrons. The summed E-state index contributed by atoms with van der Waals surface area (Å²) in [6, 6.07) is 12.6. The zero-order chi connectivity index (χ0) is 25.6. The summed E-state index contributed by atoms with van der Waals surface area (Å²) in [5, 5.41) is 11.4. The summed E-state index contributed by atoms with van der Waals surface area (Å²) >= 11 is 6.10. The van der Waals surface area contributed by atoms with E-state index in [1.54, 1.807) is 36.1 Å². The van der Waals surface area contributed by atoms with E-state index in [9.17, 15) is 14.7 Å². The molecule has 0 bridgehead atoms. The molecule has 2 aromatic carbocycles. The summed E-state index contributed by atoms with van der Waals surface area (Å²) in [6.07, 6.45) is 0.694. The summed E-state index contributed by atoms with van der Waals surface area (Å²) in [4.78, 5) is 26.5. The molecule has 8 heteroatoms. The highest BCUT2D eigenvalue weighted by molar-refractivity contribution is 6.30. The Morgan fingerprint density at radius 1 is 1.17 bits per heavy atom. The van der Waals surface area contributed by atoms with Crippen LogP contribution in [0.25, 0.3) is 0 Å². The van der Waals surface area contributed by atoms with Gasteiger partial charge in [0, 0.05) is 11.1 Å². The third kappa shape index (κ3) is 7.87. The Balaban J connectivity index is 1.78. The zero-order valence-electron chi connectivity index (χ0n) is 20.8. The summed E-state index contributed by atoms with van der Waals surface area (Å²) in [7, 11) is 0. The van der Waals surface area contributed by atoms with Crippen LogP contribution in [0.3, 0.4) is 0 Å². The average Bonchev–Trinajstić information content (AvgIpc) is 2.79. The van der Waals surface area contributed by atoms with Gasteiger partial charge in [-0.05, 0) is 87.9 Å². The van der Waals surface area contributed by atoms with Crippen LogP contribution in [-0.4, -0.2) is 53.5 Å². The molecule has 0 saturated carbocycles. The van der Waals surface area contributed by atoms with E-state index in [0.29, 0.717) is 29.4 Å². The second-order valence-corrected chi connectivity index (χ2v) is 10.1. The lowest BCUT2D eigenvalue weighted by molar-refractivity contribution is -0.145. The van der Waals surface area contributed by atoms with E-state index in [1.165, 1.54) is 5.56 Å². The van der Waals surface area contributed by atoms with Crippen molar-refractivity contribution < 1.29 is 28.9 Å². The molecule has 0 saturated heterocycles. The van der Waals surface area contributed by atoms with Crippen molar-refractivity contribution in [3.05, 3.63) is 64.2 Å². The molecule has 1 amide bonds. The molecule has 1 aliphatic carbocycles. The first-order chi connectivity index (χ1) is 16.6. The molecule has 0 aliphatic heterocycles. The number of hydrogen-bond donors (Lipinski definition) is 1. The summed E-state index contributed by atoms with van der Waals surface area (Å²) in [6.45, 7) is 7.42. The predicted octanol–water partition coefficient (Wildman–Crippen LogP) is 5.11. The monoisotopic (exact) mass is 503 g/mol. The number of amides is 1. The van der Waals surface area contributed by atoms with Crippen molar-refractivity contribution in [1.82, 2.24) is 4.90 Å². The number of rotatable bonds is 8. The fourth-order valence-corrected chi connectivity index (χ4v) is 4.31. The van der Waals surface area contributed by atoms with E-state index in [4.69, 9.17) is 25.8 Å². The van der Waals surface area contributed by atoms with Crippen LogP contribution in [0, 0.1) is 0 Å². The van der Waals surface area contributed by atoms with Crippen LogP contribution in [0.2, 0.25) is 5.02 Å². The number of fused-ring (bicyclic) bond motifs is 1. The second kappa shape index (κ2) is 11.8. The van der Waals surface area contributed by atoms with Crippen molar-refractivity contribution in [3.8, 4) is 5.75 Å². The third-order valence-electron chi connectivity index (χ3n) is 5.71. The Bertz CT molecular complexity index is 1030. The first-order valence-corrected chi connectivity index (χ1v) is 12.3. The molecule has 2 atom stereocenters. The standard InChI is InChI=1S/C27H34ClNO6/c1-5-33-25(31)17-34-23-12-10-18-9-11-22(14-20(18)15-23)29(26(32)35-27(2,3)4)16-24(30)19-7-6-8-21(28)13-19/h6-8,10,12-13,15,22,24,30H,5,9,11,14,16-17H2,1-4H3/t22-,24-/m1/s1. The molecular weight excluding hydrogens is 470 g/mol. The Kier molecular flexibility index (Phi) is 9.03. The van der Waals surface area contributed by atoms with Crippen LogP contribution in [0.15, 0.2) is 42.5 Å². The first kappa shape index (κ1) is 26.8. The van der Waals surface area contributed by atoms with Gasteiger partial charge in [0.15, 0.2) is 6.61 Å². The highest BCUT2D eigenvalue weighted by Crippen LogP contribution is 2.30. The van der Waals surface area contributed by atoms with Crippen molar-refractivity contribution in [2.24, 2.45) is 0 Å². The number of ether oxygens (including phenoxy) is 3. The van der Waals surface area contributed by atoms with E-state index in [1.807, 2.05) is 39.0 Å². The van der Waals surface area contributed by atoms with Crippen molar-refractivity contribution in [2.45, 2.75) is 64.7 Å². The van der Waals surface area contributed by atoms with E-state index in [2.05, 4.69) is 0 Å². The van der Waals surface area contributed by atoms with Crippen LogP contribution in [-0.2, 0) is 27.1 Å². The van der Waals surface area contributed by atoms with E-state index >= 15 is 0 Å². The predicted molar refractivity (Wildman–Crippen MR) is 134 cm³/mol. The summed E-state index contributed by atoms with van der Waals surface area (Å²) < 4.78 is 16.2. The minimum Gasteiger partial charge on any atom is -0.482 e. The maximum absolute atomic E-state index is 13.2. The van der Waals surface area contributed by atoms with Gasteiger partial charge >= 0.3 is 12.1 Å². The molecule has 190 valence electrons. The van der Waals surface area contributed by atoms with Crippen molar-refractivity contribution >= 4 is 23.7 Å². The first-order valence-electron chi connectivity index (χ1n) is 11.9. The van der Waals surface area contributed by atoms with Crippen molar-refractivity contribution in [2.75, 3.05) is 19.8 Å². The zero-order valence-corrected chi connectivity index (χ0v) is 21.5. The number of carbonyl (C=O) groups is 2. The molecular formula is C27H34ClNO6. The van der Waals surface area contributed by atoms with Gasteiger partial charge in [0.1, 0.15) is 11.4 Å². The number of aliphatic hydroxyl groups is 1. The van der Waals surface area contributed by atoms with E-state index in [-0.39, 0.29) is 19.2 Å². The number of halogens is 1. The summed E-state index contributed by atoms with van der Waals surface area (Å²) in [5.41, 5.74) is 2.17. The maximum Gasteiger partial charge on any atom is 0.410 e. The minimum absolute atomic E-state index is 0.0777. The Hall–Kier alpha value is -2.77. The highest BCUT2D eigenvalue weighted by Gasteiger charge is 2.33. The fraction of sp³-hybridized carbons (Fsp3) is 0.481. The highest BCUT2D eigenvalue weighted by atomic mass is 35.5. The van der Waals surface area contributed by atoms with Gasteiger partial charge in [0.2, 0.25) is 0 Å². The SMILES string of the molecule is CCOC(=O)COc1ccc2c(c1)C[C@H](N(C[C@@H](O)c1cccc(Cl)c1)C(=O)OC(C)(C)C)CC2. The van der Waals surface area contributed by atoms with Crippen LogP contribution < -0.4 is 4.74 Å². The van der Waals surface area contributed by atoms with E-state index in [0.717, 1.165) is 18.4 Å². The molecule has 1 aliphatic rings. The number of aliphatic hydroxyl groups excluding tert-OH is 1. The van der Waals surface area contributed by atoms with Gasteiger partial charge in [0.05, 0.1) is 19.3 Å². The number of nitrogens with zero attached hydrogens (tertiary/aromatic N) is 1. The van der Waals surface area contributed by atoms with Crippen molar-refractivity contribution in [1.29, 1.82) is 0 Å². The topological polar surface area (TPSA) is 85.3 Å². The molecule has 0 heterocycles. The Morgan fingerprint density at radius 3 is 2.63 bits per heavy atom. The van der Waals surface area contributed by atoms with Gasteiger partial charge in [-0.25, -0.2) is 9.59 Å². The van der Waals surface area contributed by atoms with Gasteiger partial charge in [0.25, 0.3) is 0 Å². The Labute approximate surface area is 211 Å². The average molecular weight is 504 g/mol. The second-order valence-electron chi connectivity index (χ2n) is 9.62. The molecule has 0 spiro atoms. The number of esters is 1. The number of benzene rings is 2. The molecule has 35 heavy (non-hydrogen) atoms. The van der Waals surface area contributed by atoms with Gasteiger partial charge in [-0.15, -0.1) is 0 Å². The lowest BCUT2D eigenvalue weighted by Gasteiger charge is -2.37. The Morgan fingerprint density at radius 2 is 1.94 bits per heavy atom. The van der Waals surface area contributed by atoms with Gasteiger partial charge in [-0.2, -0.15) is 0 Å². The number of carbonyl (C=O) groups excluding carboxylic acids is 2. The fourth-order valence-electron chi connectivity index (χ4n) is 4.11. The number of hydrogen-bond acceptors (Lipinski definition) is 6. The van der Waals surface area contributed by atoms with Gasteiger partial charge < -0.3 is 24.2 Å². The van der Waals surface area contributed by atoms with E-state index < -0.39 is 23.8 Å². The van der Waals surface area contributed by atoms with Crippen molar-refractivity contribution in [3.63, 3.8) is 0 Å². The quantitative estimate of drug-likeness (QED) is 0.504. The molecule has 0 unspecified atom stereocenters. The maximum atomic E-state index is 13.2. The largest absolute Gasteiger partial charge is 0.482 e. The summed E-state index contributed by atoms with van der Waals surface area (Å²) in [5.74, 6) is 0.148. The molecule has 0 fully saturated rings. The smallest absolute Gasteiger partial charge is 0.410 e. The lowest BCUT2D eigenvalue weighted by Crippen LogP contribution is -2.47.